The predicted molar refractivity (Wildman–Crippen MR) is 81.4 cm³/mol. The quantitative estimate of drug-likeness (QED) is 0.580. The molecule has 1 amide bonds. The molecule has 6 heteroatoms. The maximum absolute atomic E-state index is 11.9. The van der Waals surface area contributed by atoms with Gasteiger partial charge in [0.1, 0.15) is 5.03 Å². The molecular formula is C13H19BrN2O2S. The van der Waals surface area contributed by atoms with Crippen LogP contribution in [0.25, 0.3) is 0 Å². The van der Waals surface area contributed by atoms with Crippen molar-refractivity contribution in [3.63, 3.8) is 0 Å². The minimum Gasteiger partial charge on any atom is -0.382 e. The summed E-state index contributed by atoms with van der Waals surface area (Å²) in [5.41, 5.74) is 0. The van der Waals surface area contributed by atoms with Crippen LogP contribution in [0.2, 0.25) is 0 Å². The topological polar surface area (TPSA) is 51.2 Å². The van der Waals surface area contributed by atoms with Gasteiger partial charge in [0.25, 0.3) is 0 Å². The van der Waals surface area contributed by atoms with Gasteiger partial charge in [-0.3, -0.25) is 4.79 Å². The van der Waals surface area contributed by atoms with Crippen molar-refractivity contribution in [2.75, 3.05) is 19.8 Å². The summed E-state index contributed by atoms with van der Waals surface area (Å²) in [5, 5.41) is 3.56. The number of ether oxygens (including phenoxy) is 1. The summed E-state index contributed by atoms with van der Waals surface area (Å²) in [6.07, 6.45) is 2.56. The first-order valence-corrected chi connectivity index (χ1v) is 7.95. The zero-order valence-electron chi connectivity index (χ0n) is 11.2. The number of thioether (sulfide) groups is 1. The first-order valence-electron chi connectivity index (χ1n) is 6.27. The molecule has 1 N–H and O–H groups in total. The van der Waals surface area contributed by atoms with Crippen molar-refractivity contribution in [2.45, 2.75) is 30.5 Å². The Morgan fingerprint density at radius 3 is 3.11 bits per heavy atom. The Balaban J connectivity index is 2.31. The molecule has 0 aliphatic heterocycles. The van der Waals surface area contributed by atoms with Crippen molar-refractivity contribution in [1.29, 1.82) is 0 Å². The van der Waals surface area contributed by atoms with Gasteiger partial charge in [0, 0.05) is 30.4 Å². The summed E-state index contributed by atoms with van der Waals surface area (Å²) in [5.74, 6) is 0.0269. The summed E-state index contributed by atoms with van der Waals surface area (Å²) in [6, 6.07) is 3.77. The highest BCUT2D eigenvalue weighted by Crippen LogP contribution is 2.28. The van der Waals surface area contributed by atoms with Gasteiger partial charge in [-0.2, -0.15) is 0 Å². The number of halogens is 1. The molecule has 106 valence electrons. The highest BCUT2D eigenvalue weighted by molar-refractivity contribution is 9.10. The van der Waals surface area contributed by atoms with E-state index in [4.69, 9.17) is 4.74 Å². The Kier molecular flexibility index (Phi) is 8.09. The number of nitrogens with one attached hydrogen (secondary N) is 1. The van der Waals surface area contributed by atoms with Crippen LogP contribution < -0.4 is 5.32 Å². The summed E-state index contributed by atoms with van der Waals surface area (Å²) in [4.78, 5) is 16.1. The van der Waals surface area contributed by atoms with Crippen LogP contribution in [0.4, 0.5) is 0 Å². The maximum atomic E-state index is 11.9. The van der Waals surface area contributed by atoms with Crippen LogP contribution in [0, 0.1) is 0 Å². The van der Waals surface area contributed by atoms with E-state index >= 15 is 0 Å². The van der Waals surface area contributed by atoms with Gasteiger partial charge in [-0.1, -0.05) is 11.8 Å². The van der Waals surface area contributed by atoms with E-state index < -0.39 is 0 Å². The lowest BCUT2D eigenvalue weighted by Gasteiger charge is -2.12. The highest BCUT2D eigenvalue weighted by atomic mass is 79.9. The van der Waals surface area contributed by atoms with Crippen LogP contribution in [0.15, 0.2) is 27.8 Å². The molecule has 1 aromatic rings. The van der Waals surface area contributed by atoms with Gasteiger partial charge in [0.05, 0.1) is 5.25 Å². The molecule has 0 spiro atoms. The average Bonchev–Trinajstić information content (AvgIpc) is 2.41. The molecular weight excluding hydrogens is 328 g/mol. The van der Waals surface area contributed by atoms with Crippen molar-refractivity contribution >= 4 is 33.6 Å². The lowest BCUT2D eigenvalue weighted by molar-refractivity contribution is -0.120. The molecule has 1 aromatic heterocycles. The third-order valence-electron chi connectivity index (χ3n) is 2.35. The van der Waals surface area contributed by atoms with E-state index in [9.17, 15) is 4.79 Å². The number of amides is 1. The van der Waals surface area contributed by atoms with Crippen LogP contribution in [0.5, 0.6) is 0 Å². The molecule has 0 saturated carbocycles. The summed E-state index contributed by atoms with van der Waals surface area (Å²) in [7, 11) is 0. The van der Waals surface area contributed by atoms with E-state index in [0.717, 1.165) is 15.9 Å². The zero-order chi connectivity index (χ0) is 14.1. The summed E-state index contributed by atoms with van der Waals surface area (Å²) in [6.45, 7) is 5.89. The lowest BCUT2D eigenvalue weighted by atomic mass is 10.4. The van der Waals surface area contributed by atoms with E-state index in [1.165, 1.54) is 11.8 Å². The van der Waals surface area contributed by atoms with Gasteiger partial charge in [0.2, 0.25) is 5.91 Å². The van der Waals surface area contributed by atoms with Crippen LogP contribution in [0.1, 0.15) is 20.3 Å². The normalized spacial score (nSPS) is 12.2. The van der Waals surface area contributed by atoms with E-state index in [-0.39, 0.29) is 11.2 Å². The molecule has 0 aliphatic carbocycles. The fourth-order valence-electron chi connectivity index (χ4n) is 1.35. The van der Waals surface area contributed by atoms with Crippen LogP contribution in [-0.2, 0) is 9.53 Å². The second-order valence-electron chi connectivity index (χ2n) is 3.89. The first-order chi connectivity index (χ1) is 9.15. The van der Waals surface area contributed by atoms with E-state index in [1.54, 1.807) is 6.20 Å². The number of hydrogen-bond acceptors (Lipinski definition) is 4. The lowest BCUT2D eigenvalue weighted by Crippen LogP contribution is -2.32. The molecule has 0 aliphatic rings. The Morgan fingerprint density at radius 1 is 1.63 bits per heavy atom. The van der Waals surface area contributed by atoms with Crippen molar-refractivity contribution in [3.8, 4) is 0 Å². The zero-order valence-corrected chi connectivity index (χ0v) is 13.6. The molecule has 0 unspecified atom stereocenters. The number of carbonyl (C=O) groups excluding carboxylic acids is 1. The molecule has 0 radical (unpaired) electrons. The Morgan fingerprint density at radius 2 is 2.42 bits per heavy atom. The monoisotopic (exact) mass is 346 g/mol. The minimum absolute atomic E-state index is 0.0269. The molecule has 19 heavy (non-hydrogen) atoms. The number of hydrogen-bond donors (Lipinski definition) is 1. The Bertz CT molecular complexity index is 404. The molecule has 0 fully saturated rings. The smallest absolute Gasteiger partial charge is 0.233 e. The highest BCUT2D eigenvalue weighted by Gasteiger charge is 2.15. The van der Waals surface area contributed by atoms with E-state index in [1.807, 2.05) is 26.0 Å². The second kappa shape index (κ2) is 9.34. The van der Waals surface area contributed by atoms with Crippen LogP contribution >= 0.6 is 27.7 Å². The number of carbonyl (C=O) groups is 1. The maximum Gasteiger partial charge on any atom is 0.233 e. The SMILES string of the molecule is CCOCCCNC(=O)[C@H](C)Sc1ncccc1Br. The average molecular weight is 347 g/mol. The van der Waals surface area contributed by atoms with Crippen molar-refractivity contribution < 1.29 is 9.53 Å². The third-order valence-corrected chi connectivity index (χ3v) is 4.37. The molecule has 0 bridgehead atoms. The Hall–Kier alpha value is -0.590. The third kappa shape index (κ3) is 6.40. The van der Waals surface area contributed by atoms with Crippen molar-refractivity contribution in [2.24, 2.45) is 0 Å². The van der Waals surface area contributed by atoms with E-state index in [2.05, 4.69) is 26.2 Å². The Labute approximate surface area is 126 Å². The standard InChI is InChI=1S/C13H19BrN2O2S/c1-3-18-9-5-8-15-12(17)10(2)19-13-11(14)6-4-7-16-13/h4,6-7,10H,3,5,8-9H2,1-2H3,(H,15,17)/t10-/m0/s1. The number of pyridine rings is 1. The van der Waals surface area contributed by atoms with Crippen molar-refractivity contribution in [3.05, 3.63) is 22.8 Å². The fraction of sp³-hybridized carbons (Fsp3) is 0.538. The van der Waals surface area contributed by atoms with Gasteiger partial charge in [-0.05, 0) is 48.3 Å². The molecule has 1 atom stereocenters. The summed E-state index contributed by atoms with van der Waals surface area (Å²) < 4.78 is 6.13. The fourth-order valence-corrected chi connectivity index (χ4v) is 2.72. The second-order valence-corrected chi connectivity index (χ2v) is 6.08. The van der Waals surface area contributed by atoms with Crippen LogP contribution in [-0.4, -0.2) is 35.9 Å². The summed E-state index contributed by atoms with van der Waals surface area (Å²) >= 11 is 4.87. The number of nitrogens with zero attached hydrogens (tertiary/aromatic N) is 1. The van der Waals surface area contributed by atoms with Crippen molar-refractivity contribution in [1.82, 2.24) is 10.3 Å². The van der Waals surface area contributed by atoms with E-state index in [0.29, 0.717) is 19.8 Å². The van der Waals surface area contributed by atoms with Gasteiger partial charge in [-0.15, -0.1) is 0 Å². The minimum atomic E-state index is -0.168. The predicted octanol–water partition coefficient (Wildman–Crippen LogP) is 2.87. The largest absolute Gasteiger partial charge is 0.382 e. The molecule has 0 saturated heterocycles. The van der Waals surface area contributed by atoms with Gasteiger partial charge in [0.15, 0.2) is 0 Å². The molecule has 1 rings (SSSR count). The van der Waals surface area contributed by atoms with Gasteiger partial charge >= 0.3 is 0 Å². The van der Waals surface area contributed by atoms with Crippen LogP contribution in [0.3, 0.4) is 0 Å². The molecule has 1 heterocycles. The molecule has 0 aromatic carbocycles. The van der Waals surface area contributed by atoms with Gasteiger partial charge < -0.3 is 10.1 Å². The number of rotatable bonds is 8. The number of aromatic nitrogens is 1. The first kappa shape index (κ1) is 16.5. The molecule has 4 nitrogen and oxygen atoms in total. The van der Waals surface area contributed by atoms with Gasteiger partial charge in [-0.25, -0.2) is 4.98 Å².